The highest BCUT2D eigenvalue weighted by Gasteiger charge is 2.19. The van der Waals surface area contributed by atoms with Crippen LogP contribution in [0.15, 0.2) is 24.3 Å². The van der Waals surface area contributed by atoms with Crippen molar-refractivity contribution in [2.75, 3.05) is 0 Å². The molecular weight excluding hydrogens is 424 g/mol. The van der Waals surface area contributed by atoms with Crippen LogP contribution in [0.25, 0.3) is 23.3 Å². The van der Waals surface area contributed by atoms with Gasteiger partial charge in [0, 0.05) is 25.9 Å². The highest BCUT2D eigenvalue weighted by molar-refractivity contribution is 5.89. The van der Waals surface area contributed by atoms with Gasteiger partial charge in [-0.1, -0.05) is 37.1 Å². The van der Waals surface area contributed by atoms with Crippen molar-refractivity contribution in [3.8, 4) is 12.1 Å². The third-order valence-corrected chi connectivity index (χ3v) is 6.50. The van der Waals surface area contributed by atoms with E-state index in [0.717, 1.165) is 74.4 Å². The number of fused-ring (bicyclic) bond motifs is 2. The minimum absolute atomic E-state index is 0.507. The summed E-state index contributed by atoms with van der Waals surface area (Å²) in [6, 6.07) is 12.4. The Morgan fingerprint density at radius 3 is 1.50 bits per heavy atom. The van der Waals surface area contributed by atoms with Gasteiger partial charge < -0.3 is 9.13 Å². The molecule has 170 valence electrons. The first-order valence-electron chi connectivity index (χ1n) is 12.0. The maximum atomic E-state index is 9.80. The summed E-state index contributed by atoms with van der Waals surface area (Å²) in [7, 11) is 0. The fraction of sp³-hybridized carbons (Fsp3) is 0.385. The molecule has 0 atom stereocenters. The number of aryl methyl sites for hydroxylation is 2. The quantitative estimate of drug-likeness (QED) is 0.543. The number of benzene rings is 1. The van der Waals surface area contributed by atoms with Gasteiger partial charge in [0.25, 0.3) is 0 Å². The molecule has 0 unspecified atom stereocenters. The van der Waals surface area contributed by atoms with E-state index in [4.69, 9.17) is 0 Å². The summed E-state index contributed by atoms with van der Waals surface area (Å²) in [5.41, 5.74) is 2.81. The molecule has 0 N–H and O–H groups in total. The monoisotopic (exact) mass is 450 g/mol. The molecule has 8 heteroatoms. The van der Waals surface area contributed by atoms with Crippen molar-refractivity contribution in [1.82, 2.24) is 29.5 Å². The number of hydrogen-bond acceptors (Lipinski definition) is 6. The number of nitrogens with zero attached hydrogens (tertiary/aromatic N) is 8. The summed E-state index contributed by atoms with van der Waals surface area (Å²) in [4.78, 5) is 0. The average Bonchev–Trinajstić information content (AvgIpc) is 3.26. The van der Waals surface area contributed by atoms with Gasteiger partial charge in [-0.05, 0) is 49.0 Å². The second kappa shape index (κ2) is 9.84. The lowest BCUT2D eigenvalue weighted by Gasteiger charge is -2.06. The normalized spacial score (nSPS) is 16.5. The largest absolute Gasteiger partial charge is 0.310 e. The fourth-order valence-corrected chi connectivity index (χ4v) is 4.68. The van der Waals surface area contributed by atoms with Crippen LogP contribution in [0.1, 0.15) is 72.9 Å². The summed E-state index contributed by atoms with van der Waals surface area (Å²) in [5, 5.41) is 36.8. The van der Waals surface area contributed by atoms with E-state index in [1.165, 1.54) is 12.8 Å². The van der Waals surface area contributed by atoms with E-state index in [1.54, 1.807) is 0 Å². The van der Waals surface area contributed by atoms with Crippen molar-refractivity contribution in [2.45, 2.75) is 64.5 Å². The predicted octanol–water partition coefficient (Wildman–Crippen LogP) is 4.45. The van der Waals surface area contributed by atoms with Gasteiger partial charge >= 0.3 is 0 Å². The standard InChI is InChI=1S/C26H26N8/c27-17-21(25-31-29-23-7-3-1-5-13-33(23)25)15-19-9-11-20(12-10-19)16-22(18-28)26-32-30-24-8-4-2-6-14-34(24)26/h9-12,15-16H,1-8,13-14H2/b21-15-,22-16-. The van der Waals surface area contributed by atoms with Crippen LogP contribution in [-0.2, 0) is 25.9 Å². The minimum atomic E-state index is 0.507. The smallest absolute Gasteiger partial charge is 0.174 e. The Morgan fingerprint density at radius 2 is 1.09 bits per heavy atom. The van der Waals surface area contributed by atoms with Gasteiger partial charge in [-0.25, -0.2) is 0 Å². The Balaban J connectivity index is 1.40. The first-order chi connectivity index (χ1) is 16.8. The molecule has 0 saturated heterocycles. The molecule has 0 bridgehead atoms. The molecule has 2 aliphatic heterocycles. The van der Waals surface area contributed by atoms with E-state index < -0.39 is 0 Å². The van der Waals surface area contributed by atoms with E-state index in [-0.39, 0.29) is 0 Å². The molecule has 8 nitrogen and oxygen atoms in total. The van der Waals surface area contributed by atoms with Crippen LogP contribution in [0.3, 0.4) is 0 Å². The average molecular weight is 451 g/mol. The van der Waals surface area contributed by atoms with E-state index in [1.807, 2.05) is 36.4 Å². The number of aromatic nitrogens is 6. The summed E-state index contributed by atoms with van der Waals surface area (Å²) >= 11 is 0. The number of nitriles is 2. The van der Waals surface area contributed by atoms with Gasteiger partial charge in [-0.15, -0.1) is 20.4 Å². The lowest BCUT2D eigenvalue weighted by atomic mass is 10.1. The van der Waals surface area contributed by atoms with Crippen molar-refractivity contribution in [3.63, 3.8) is 0 Å². The fourth-order valence-electron chi connectivity index (χ4n) is 4.68. The van der Waals surface area contributed by atoms with E-state index >= 15 is 0 Å². The second-order valence-corrected chi connectivity index (χ2v) is 8.81. The van der Waals surface area contributed by atoms with Crippen LogP contribution in [0.4, 0.5) is 0 Å². The summed E-state index contributed by atoms with van der Waals surface area (Å²) in [5.74, 6) is 3.21. The third-order valence-electron chi connectivity index (χ3n) is 6.50. The summed E-state index contributed by atoms with van der Waals surface area (Å²) < 4.78 is 4.17. The van der Waals surface area contributed by atoms with Gasteiger partial charge in [0.2, 0.25) is 0 Å². The molecular formula is C26H26N8. The molecule has 2 aromatic heterocycles. The SMILES string of the molecule is N#C/C(=C/c1ccc(/C=C(/C#N)c2nnc3n2CCCCC3)cc1)c1nnc2n1CCCCC2. The van der Waals surface area contributed by atoms with Crippen molar-refractivity contribution in [3.05, 3.63) is 58.7 Å². The maximum Gasteiger partial charge on any atom is 0.174 e. The van der Waals surface area contributed by atoms with E-state index in [9.17, 15) is 10.5 Å². The molecule has 3 aromatic rings. The van der Waals surface area contributed by atoms with Crippen LogP contribution in [-0.4, -0.2) is 29.5 Å². The van der Waals surface area contributed by atoms with Gasteiger partial charge in [-0.2, -0.15) is 10.5 Å². The van der Waals surface area contributed by atoms with Crippen molar-refractivity contribution in [1.29, 1.82) is 10.5 Å². The number of allylic oxidation sites excluding steroid dienone is 2. The lowest BCUT2D eigenvalue weighted by molar-refractivity contribution is 0.627. The molecule has 2 aliphatic rings. The topological polar surface area (TPSA) is 109 Å². The molecule has 0 amide bonds. The second-order valence-electron chi connectivity index (χ2n) is 8.81. The number of hydrogen-bond donors (Lipinski definition) is 0. The lowest BCUT2D eigenvalue weighted by Crippen LogP contribution is -2.05. The first-order valence-corrected chi connectivity index (χ1v) is 12.0. The van der Waals surface area contributed by atoms with Crippen LogP contribution in [0.2, 0.25) is 0 Å². The third kappa shape index (κ3) is 4.40. The molecule has 0 fully saturated rings. The van der Waals surface area contributed by atoms with Crippen LogP contribution >= 0.6 is 0 Å². The Bertz CT molecular complexity index is 1220. The molecule has 0 aliphatic carbocycles. The molecule has 34 heavy (non-hydrogen) atoms. The van der Waals surface area contributed by atoms with Gasteiger partial charge in [-0.3, -0.25) is 0 Å². The Hall–Kier alpha value is -4.04. The summed E-state index contributed by atoms with van der Waals surface area (Å²) in [6.45, 7) is 1.70. The van der Waals surface area contributed by atoms with Crippen LogP contribution in [0, 0.1) is 22.7 Å². The highest BCUT2D eigenvalue weighted by atomic mass is 15.3. The van der Waals surface area contributed by atoms with Crippen molar-refractivity contribution in [2.24, 2.45) is 0 Å². The summed E-state index contributed by atoms with van der Waals surface area (Å²) in [6.07, 6.45) is 12.2. The molecule has 0 spiro atoms. The zero-order chi connectivity index (χ0) is 23.3. The molecule has 5 rings (SSSR count). The van der Waals surface area contributed by atoms with Crippen molar-refractivity contribution < 1.29 is 0 Å². The van der Waals surface area contributed by atoms with Crippen LogP contribution < -0.4 is 0 Å². The maximum absolute atomic E-state index is 9.80. The highest BCUT2D eigenvalue weighted by Crippen LogP contribution is 2.24. The van der Waals surface area contributed by atoms with Crippen LogP contribution in [0.5, 0.6) is 0 Å². The van der Waals surface area contributed by atoms with Gasteiger partial charge in [0.05, 0.1) is 11.1 Å². The first kappa shape index (κ1) is 21.8. The zero-order valence-electron chi connectivity index (χ0n) is 19.1. The Morgan fingerprint density at radius 1 is 0.647 bits per heavy atom. The number of rotatable bonds is 4. The van der Waals surface area contributed by atoms with Crippen molar-refractivity contribution >= 4 is 23.3 Å². The zero-order valence-corrected chi connectivity index (χ0v) is 19.1. The predicted molar refractivity (Wildman–Crippen MR) is 129 cm³/mol. The molecule has 1 aromatic carbocycles. The Kier molecular flexibility index (Phi) is 6.31. The molecule has 4 heterocycles. The van der Waals surface area contributed by atoms with E-state index in [2.05, 4.69) is 41.7 Å². The van der Waals surface area contributed by atoms with Gasteiger partial charge in [0.15, 0.2) is 11.6 Å². The van der Waals surface area contributed by atoms with Gasteiger partial charge in [0.1, 0.15) is 23.8 Å². The Labute approximate surface area is 198 Å². The molecule has 0 saturated carbocycles. The molecule has 0 radical (unpaired) electrons. The minimum Gasteiger partial charge on any atom is -0.310 e. The van der Waals surface area contributed by atoms with E-state index in [0.29, 0.717) is 22.8 Å².